The van der Waals surface area contributed by atoms with Crippen LogP contribution in [0.2, 0.25) is 0 Å². The van der Waals surface area contributed by atoms with Gasteiger partial charge in [0.05, 0.1) is 6.61 Å². The van der Waals surface area contributed by atoms with E-state index in [9.17, 15) is 24.2 Å². The molecule has 0 unspecified atom stereocenters. The number of halogens is 1. The first-order valence-electron chi connectivity index (χ1n) is 8.71. The van der Waals surface area contributed by atoms with E-state index in [2.05, 4.69) is 10.6 Å². The van der Waals surface area contributed by atoms with Crippen molar-refractivity contribution in [3.63, 3.8) is 0 Å². The number of amides is 2. The molecule has 0 aliphatic heterocycles. The van der Waals surface area contributed by atoms with Gasteiger partial charge in [-0.25, -0.2) is 4.39 Å². The van der Waals surface area contributed by atoms with Gasteiger partial charge in [-0.05, 0) is 44.4 Å². The van der Waals surface area contributed by atoms with E-state index >= 15 is 0 Å². The summed E-state index contributed by atoms with van der Waals surface area (Å²) in [6, 6.07) is 2.95. The highest BCUT2D eigenvalue weighted by atomic mass is 19.1. The SMILES string of the molecule is C[C@@H](CNC(=O)CC(C)(C)COC(C)(C)O)NC(=O)c1ccc(F)c(O)c1. The lowest BCUT2D eigenvalue weighted by molar-refractivity contribution is -0.192. The van der Waals surface area contributed by atoms with Crippen LogP contribution < -0.4 is 10.6 Å². The van der Waals surface area contributed by atoms with E-state index in [4.69, 9.17) is 4.74 Å². The zero-order chi connectivity index (χ0) is 20.8. The lowest BCUT2D eigenvalue weighted by atomic mass is 9.90. The number of hydrogen-bond acceptors (Lipinski definition) is 5. The van der Waals surface area contributed by atoms with E-state index in [1.807, 2.05) is 13.8 Å². The second-order valence-corrected chi connectivity index (χ2v) is 7.92. The van der Waals surface area contributed by atoms with Gasteiger partial charge in [0.15, 0.2) is 17.4 Å². The maximum absolute atomic E-state index is 13.0. The van der Waals surface area contributed by atoms with Crippen molar-refractivity contribution >= 4 is 11.8 Å². The second-order valence-electron chi connectivity index (χ2n) is 7.92. The quantitative estimate of drug-likeness (QED) is 0.487. The van der Waals surface area contributed by atoms with Gasteiger partial charge in [-0.2, -0.15) is 0 Å². The van der Waals surface area contributed by atoms with Gasteiger partial charge in [0.2, 0.25) is 5.91 Å². The first kappa shape index (κ1) is 22.9. The Morgan fingerprint density at radius 3 is 2.44 bits per heavy atom. The first-order chi connectivity index (χ1) is 12.3. The number of carbonyl (C=O) groups excluding carboxylic acids is 2. The van der Waals surface area contributed by atoms with Crippen LogP contribution in [0.5, 0.6) is 5.75 Å². The summed E-state index contributed by atoms with van der Waals surface area (Å²) in [6.07, 6.45) is 0.190. The lowest BCUT2D eigenvalue weighted by Crippen LogP contribution is -2.43. The molecule has 27 heavy (non-hydrogen) atoms. The standard InChI is InChI=1S/C19H29FN2O5/c1-12(22-17(25)13-6-7-14(20)15(23)8-13)10-21-16(24)9-18(2,3)11-27-19(4,5)26/h6-8,12,23,26H,9-11H2,1-5H3,(H,21,24)(H,22,25)/t12-/m0/s1. The molecular formula is C19H29FN2O5. The molecule has 0 fully saturated rings. The van der Waals surface area contributed by atoms with Gasteiger partial charge in [-0.3, -0.25) is 9.59 Å². The summed E-state index contributed by atoms with van der Waals surface area (Å²) in [5.74, 6) is -3.35. The smallest absolute Gasteiger partial charge is 0.251 e. The van der Waals surface area contributed by atoms with Crippen LogP contribution in [0.1, 0.15) is 51.4 Å². The fourth-order valence-corrected chi connectivity index (χ4v) is 2.20. The third kappa shape index (κ3) is 8.83. The van der Waals surface area contributed by atoms with Crippen molar-refractivity contribution in [1.29, 1.82) is 0 Å². The molecule has 7 nitrogen and oxygen atoms in total. The number of aromatic hydroxyl groups is 1. The minimum Gasteiger partial charge on any atom is -0.505 e. The number of rotatable bonds is 9. The van der Waals surface area contributed by atoms with Crippen molar-refractivity contribution in [2.45, 2.75) is 52.9 Å². The molecular weight excluding hydrogens is 355 g/mol. The molecule has 0 saturated heterocycles. The number of aliphatic hydroxyl groups is 1. The fraction of sp³-hybridized carbons (Fsp3) is 0.579. The van der Waals surface area contributed by atoms with Crippen LogP contribution >= 0.6 is 0 Å². The molecule has 0 spiro atoms. The minimum absolute atomic E-state index is 0.122. The molecule has 0 aromatic heterocycles. The molecule has 0 radical (unpaired) electrons. The average molecular weight is 384 g/mol. The van der Waals surface area contributed by atoms with Gasteiger partial charge in [-0.1, -0.05) is 13.8 Å². The second kappa shape index (κ2) is 9.14. The number of benzene rings is 1. The molecule has 8 heteroatoms. The van der Waals surface area contributed by atoms with Gasteiger partial charge in [-0.15, -0.1) is 0 Å². The van der Waals surface area contributed by atoms with Crippen LogP contribution in [0.15, 0.2) is 18.2 Å². The largest absolute Gasteiger partial charge is 0.505 e. The maximum atomic E-state index is 13.0. The van der Waals surface area contributed by atoms with Crippen LogP contribution in [-0.4, -0.2) is 47.0 Å². The van der Waals surface area contributed by atoms with Crippen molar-refractivity contribution in [1.82, 2.24) is 10.6 Å². The number of carbonyl (C=O) groups is 2. The molecule has 1 rings (SSSR count). The van der Waals surface area contributed by atoms with Crippen molar-refractivity contribution in [2.75, 3.05) is 13.2 Å². The molecule has 0 heterocycles. The first-order valence-corrected chi connectivity index (χ1v) is 8.71. The summed E-state index contributed by atoms with van der Waals surface area (Å²) in [5.41, 5.74) is -0.348. The van der Waals surface area contributed by atoms with Crippen LogP contribution in [0, 0.1) is 11.2 Å². The summed E-state index contributed by atoms with van der Waals surface area (Å²) in [7, 11) is 0. The minimum atomic E-state index is -1.26. The Bertz CT molecular complexity index is 671. The van der Waals surface area contributed by atoms with Crippen molar-refractivity contribution in [3.05, 3.63) is 29.6 Å². The third-order valence-corrected chi connectivity index (χ3v) is 3.65. The molecule has 0 bridgehead atoms. The number of ether oxygens (including phenoxy) is 1. The van der Waals surface area contributed by atoms with Crippen molar-refractivity contribution in [3.8, 4) is 5.75 Å². The zero-order valence-corrected chi connectivity index (χ0v) is 16.4. The Hall–Kier alpha value is -2.19. The van der Waals surface area contributed by atoms with Crippen molar-refractivity contribution in [2.24, 2.45) is 5.41 Å². The van der Waals surface area contributed by atoms with Crippen LogP contribution in [-0.2, 0) is 9.53 Å². The summed E-state index contributed by atoms with van der Waals surface area (Å²) < 4.78 is 18.3. The van der Waals surface area contributed by atoms with E-state index in [0.717, 1.165) is 12.1 Å². The number of phenolic OH excluding ortho intramolecular Hbond substituents is 1. The van der Waals surface area contributed by atoms with Crippen LogP contribution in [0.3, 0.4) is 0 Å². The molecule has 0 aliphatic carbocycles. The van der Waals surface area contributed by atoms with Crippen LogP contribution in [0.25, 0.3) is 0 Å². The van der Waals surface area contributed by atoms with E-state index in [0.29, 0.717) is 0 Å². The molecule has 0 saturated carbocycles. The summed E-state index contributed by atoms with van der Waals surface area (Å²) in [4.78, 5) is 24.2. The molecule has 1 atom stereocenters. The Labute approximate surface area is 158 Å². The number of nitrogens with one attached hydrogen (secondary N) is 2. The monoisotopic (exact) mass is 384 g/mol. The highest BCUT2D eigenvalue weighted by Gasteiger charge is 2.26. The Morgan fingerprint density at radius 1 is 1.26 bits per heavy atom. The van der Waals surface area contributed by atoms with Gasteiger partial charge >= 0.3 is 0 Å². The third-order valence-electron chi connectivity index (χ3n) is 3.65. The molecule has 1 aromatic rings. The molecule has 0 aliphatic rings. The van der Waals surface area contributed by atoms with Gasteiger partial charge in [0.25, 0.3) is 5.91 Å². The van der Waals surface area contributed by atoms with E-state index in [1.54, 1.807) is 6.92 Å². The Balaban J connectivity index is 2.44. The highest BCUT2D eigenvalue weighted by Crippen LogP contribution is 2.23. The van der Waals surface area contributed by atoms with E-state index in [-0.39, 0.29) is 37.1 Å². The van der Waals surface area contributed by atoms with E-state index in [1.165, 1.54) is 19.9 Å². The van der Waals surface area contributed by atoms with Crippen LogP contribution in [0.4, 0.5) is 4.39 Å². The van der Waals surface area contributed by atoms with E-state index < -0.39 is 28.7 Å². The fourth-order valence-electron chi connectivity index (χ4n) is 2.20. The molecule has 152 valence electrons. The van der Waals surface area contributed by atoms with Gasteiger partial charge < -0.3 is 25.6 Å². The number of phenols is 1. The molecule has 2 amide bonds. The number of hydrogen-bond donors (Lipinski definition) is 4. The predicted octanol–water partition coefficient (Wildman–Crippen LogP) is 1.93. The van der Waals surface area contributed by atoms with Gasteiger partial charge in [0, 0.05) is 24.6 Å². The topological polar surface area (TPSA) is 108 Å². The van der Waals surface area contributed by atoms with Crippen molar-refractivity contribution < 1.29 is 28.9 Å². The molecule has 4 N–H and O–H groups in total. The maximum Gasteiger partial charge on any atom is 0.251 e. The summed E-state index contributed by atoms with van der Waals surface area (Å²) >= 11 is 0. The summed E-state index contributed by atoms with van der Waals surface area (Å²) in [6.45, 7) is 8.88. The molecule has 1 aromatic carbocycles. The Morgan fingerprint density at radius 2 is 1.89 bits per heavy atom. The van der Waals surface area contributed by atoms with Gasteiger partial charge in [0.1, 0.15) is 0 Å². The highest BCUT2D eigenvalue weighted by molar-refractivity contribution is 5.94. The average Bonchev–Trinajstić information content (AvgIpc) is 2.53. The lowest BCUT2D eigenvalue weighted by Gasteiger charge is -2.28. The zero-order valence-electron chi connectivity index (χ0n) is 16.4. The predicted molar refractivity (Wildman–Crippen MR) is 98.7 cm³/mol. The Kier molecular flexibility index (Phi) is 7.74. The normalized spacial score (nSPS) is 13.1. The summed E-state index contributed by atoms with van der Waals surface area (Å²) in [5, 5.41) is 24.3.